The van der Waals surface area contributed by atoms with E-state index in [0.717, 1.165) is 44.7 Å². The van der Waals surface area contributed by atoms with E-state index in [1.165, 1.54) is 0 Å². The molecule has 0 atom stereocenters. The van der Waals surface area contributed by atoms with Crippen LogP contribution in [0.15, 0.2) is 24.3 Å². The van der Waals surface area contributed by atoms with Crippen LogP contribution in [0.4, 0.5) is 4.32 Å². The molecule has 0 saturated heterocycles. The molecule has 0 aliphatic rings. The van der Waals surface area contributed by atoms with Gasteiger partial charge in [0.15, 0.2) is 0 Å². The molecule has 22 heavy (non-hydrogen) atoms. The highest BCUT2D eigenvalue weighted by Crippen LogP contribution is 2.19. The van der Waals surface area contributed by atoms with E-state index >= 15 is 4.32 Å². The molecular formula is C18H22BFO2. The van der Waals surface area contributed by atoms with E-state index in [1.807, 2.05) is 52.0 Å². The first-order valence-electron chi connectivity index (χ1n) is 7.33. The third kappa shape index (κ3) is 2.96. The van der Waals surface area contributed by atoms with Crippen molar-refractivity contribution in [1.29, 1.82) is 0 Å². The average Bonchev–Trinajstić information content (AvgIpc) is 2.45. The summed E-state index contributed by atoms with van der Waals surface area (Å²) in [6, 6.07) is 7.51. The van der Waals surface area contributed by atoms with Gasteiger partial charge in [-0.05, 0) is 85.1 Å². The standard InChI is InChI=1S/C18H22BFO2/c1-11-7-15(21-5)8-12(2)17(11)19(20)18-13(3)9-16(22-6)10-14(18)4/h7-10H,1-6H3. The van der Waals surface area contributed by atoms with Crippen molar-refractivity contribution in [3.8, 4) is 11.5 Å². The van der Waals surface area contributed by atoms with Gasteiger partial charge in [-0.3, -0.25) is 0 Å². The highest BCUT2D eigenvalue weighted by molar-refractivity contribution is 6.81. The smallest absolute Gasteiger partial charge is 0.414 e. The van der Waals surface area contributed by atoms with E-state index in [1.54, 1.807) is 14.2 Å². The van der Waals surface area contributed by atoms with Gasteiger partial charge in [0.25, 0.3) is 0 Å². The summed E-state index contributed by atoms with van der Waals surface area (Å²) in [5.74, 6) is 1.52. The van der Waals surface area contributed by atoms with Crippen LogP contribution in [0, 0.1) is 27.7 Å². The van der Waals surface area contributed by atoms with Crippen LogP contribution in [0.1, 0.15) is 22.3 Å². The van der Waals surface area contributed by atoms with Crippen LogP contribution in [0.25, 0.3) is 0 Å². The molecule has 116 valence electrons. The second kappa shape index (κ2) is 6.43. The van der Waals surface area contributed by atoms with Gasteiger partial charge in [0.05, 0.1) is 14.2 Å². The zero-order valence-electron chi connectivity index (χ0n) is 14.1. The van der Waals surface area contributed by atoms with Crippen LogP contribution < -0.4 is 20.4 Å². The molecule has 2 aromatic rings. The summed E-state index contributed by atoms with van der Waals surface area (Å²) in [6.45, 7) is 6.53. The molecule has 4 heteroatoms. The fourth-order valence-corrected chi connectivity index (χ4v) is 3.05. The lowest BCUT2D eigenvalue weighted by Gasteiger charge is -2.18. The largest absolute Gasteiger partial charge is 0.497 e. The quantitative estimate of drug-likeness (QED) is 0.808. The van der Waals surface area contributed by atoms with Crippen LogP contribution in [0.5, 0.6) is 11.5 Å². The number of ether oxygens (including phenoxy) is 2. The van der Waals surface area contributed by atoms with Crippen molar-refractivity contribution in [3.63, 3.8) is 0 Å². The minimum Gasteiger partial charge on any atom is -0.497 e. The maximum atomic E-state index is 15.3. The Bertz CT molecular complexity index is 592. The molecule has 0 heterocycles. The summed E-state index contributed by atoms with van der Waals surface area (Å²) in [7, 11) is 3.25. The number of methoxy groups -OCH3 is 2. The van der Waals surface area contributed by atoms with E-state index in [4.69, 9.17) is 9.47 Å². The van der Waals surface area contributed by atoms with Gasteiger partial charge in [-0.2, -0.15) is 0 Å². The summed E-state index contributed by atoms with van der Waals surface area (Å²) in [6.07, 6.45) is 0. The highest BCUT2D eigenvalue weighted by atomic mass is 19.1. The maximum absolute atomic E-state index is 15.3. The third-order valence-electron chi connectivity index (χ3n) is 4.11. The van der Waals surface area contributed by atoms with Crippen LogP contribution in [-0.2, 0) is 0 Å². The van der Waals surface area contributed by atoms with Gasteiger partial charge in [0.2, 0.25) is 0 Å². The van der Waals surface area contributed by atoms with E-state index in [9.17, 15) is 0 Å². The maximum Gasteiger partial charge on any atom is 0.414 e. The van der Waals surface area contributed by atoms with E-state index in [2.05, 4.69) is 0 Å². The predicted octanol–water partition coefficient (Wildman–Crippen LogP) is 3.01. The molecule has 2 aromatic carbocycles. The Morgan fingerprint density at radius 2 is 0.955 bits per heavy atom. The summed E-state index contributed by atoms with van der Waals surface area (Å²) in [4.78, 5) is 0. The zero-order chi connectivity index (χ0) is 16.4. The van der Waals surface area contributed by atoms with Crippen molar-refractivity contribution >= 4 is 17.9 Å². The molecule has 0 radical (unpaired) electrons. The minimum atomic E-state index is -1.16. The van der Waals surface area contributed by atoms with Crippen molar-refractivity contribution in [3.05, 3.63) is 46.5 Å². The second-order valence-electron chi connectivity index (χ2n) is 5.71. The number of benzene rings is 2. The molecule has 2 nitrogen and oxygen atoms in total. The molecular weight excluding hydrogens is 278 g/mol. The van der Waals surface area contributed by atoms with Gasteiger partial charge in [-0.1, -0.05) is 0 Å². The topological polar surface area (TPSA) is 18.5 Å². The van der Waals surface area contributed by atoms with Gasteiger partial charge >= 0.3 is 6.99 Å². The molecule has 0 fully saturated rings. The van der Waals surface area contributed by atoms with Crippen molar-refractivity contribution < 1.29 is 13.8 Å². The van der Waals surface area contributed by atoms with Crippen LogP contribution in [-0.4, -0.2) is 21.2 Å². The molecule has 0 aliphatic heterocycles. The fraction of sp³-hybridized carbons (Fsp3) is 0.333. The Morgan fingerprint density at radius 3 is 1.18 bits per heavy atom. The first kappa shape index (κ1) is 16.4. The lowest BCUT2D eigenvalue weighted by Crippen LogP contribution is -2.44. The molecule has 2 rings (SSSR count). The summed E-state index contributed by atoms with van der Waals surface area (Å²) >= 11 is 0. The lowest BCUT2D eigenvalue weighted by atomic mass is 9.53. The SMILES string of the molecule is COc1cc(C)c(B(F)c2c(C)cc(OC)cc2C)c(C)c1. The van der Waals surface area contributed by atoms with Gasteiger partial charge in [0, 0.05) is 0 Å². The molecule has 0 spiro atoms. The highest BCUT2D eigenvalue weighted by Gasteiger charge is 2.27. The molecule has 0 aromatic heterocycles. The lowest BCUT2D eigenvalue weighted by molar-refractivity contribution is 0.414. The van der Waals surface area contributed by atoms with Crippen molar-refractivity contribution in [1.82, 2.24) is 0 Å². The normalized spacial score (nSPS) is 10.5. The second-order valence-corrected chi connectivity index (χ2v) is 5.71. The van der Waals surface area contributed by atoms with E-state index in [0.29, 0.717) is 0 Å². The van der Waals surface area contributed by atoms with Crippen LogP contribution >= 0.6 is 0 Å². The third-order valence-corrected chi connectivity index (χ3v) is 4.11. The molecule has 0 unspecified atom stereocenters. The minimum absolute atomic E-state index is 0.720. The van der Waals surface area contributed by atoms with E-state index in [-0.39, 0.29) is 0 Å². The van der Waals surface area contributed by atoms with Crippen LogP contribution in [0.2, 0.25) is 0 Å². The monoisotopic (exact) mass is 300 g/mol. The Morgan fingerprint density at radius 1 is 0.682 bits per heavy atom. The van der Waals surface area contributed by atoms with Gasteiger partial charge in [-0.25, -0.2) is 0 Å². The zero-order valence-corrected chi connectivity index (χ0v) is 14.1. The van der Waals surface area contributed by atoms with Crippen LogP contribution in [0.3, 0.4) is 0 Å². The van der Waals surface area contributed by atoms with Crippen molar-refractivity contribution in [2.45, 2.75) is 27.7 Å². The Hall–Kier alpha value is -1.97. The van der Waals surface area contributed by atoms with Crippen molar-refractivity contribution in [2.75, 3.05) is 14.2 Å². The molecule has 0 N–H and O–H groups in total. The number of hydrogen-bond acceptors (Lipinski definition) is 2. The Balaban J connectivity index is 2.56. The average molecular weight is 300 g/mol. The number of hydrogen-bond donors (Lipinski definition) is 0. The fourth-order valence-electron chi connectivity index (χ4n) is 3.05. The molecule has 0 bridgehead atoms. The summed E-state index contributed by atoms with van der Waals surface area (Å²) in [5, 5.41) is 0. The predicted molar refractivity (Wildman–Crippen MR) is 91.1 cm³/mol. The molecule has 0 amide bonds. The summed E-state index contributed by atoms with van der Waals surface area (Å²) in [5.41, 5.74) is 5.05. The van der Waals surface area contributed by atoms with Gasteiger partial charge in [-0.15, -0.1) is 0 Å². The van der Waals surface area contributed by atoms with E-state index < -0.39 is 6.99 Å². The molecule has 0 aliphatic carbocycles. The first-order valence-corrected chi connectivity index (χ1v) is 7.33. The van der Waals surface area contributed by atoms with Crippen molar-refractivity contribution in [2.24, 2.45) is 0 Å². The Kier molecular flexibility index (Phi) is 4.79. The first-order chi connectivity index (χ1) is 10.4. The molecule has 0 saturated carbocycles. The van der Waals surface area contributed by atoms with Gasteiger partial charge in [0.1, 0.15) is 11.5 Å². The van der Waals surface area contributed by atoms with Gasteiger partial charge < -0.3 is 13.8 Å². The number of halogens is 1. The Labute approximate surface area is 132 Å². The summed E-state index contributed by atoms with van der Waals surface area (Å²) < 4.78 is 25.8. The number of aryl methyl sites for hydroxylation is 4. The number of rotatable bonds is 4.